The average Bonchev–Trinajstić information content (AvgIpc) is 2.12. The van der Waals surface area contributed by atoms with Crippen molar-refractivity contribution in [2.24, 2.45) is 0 Å². The van der Waals surface area contributed by atoms with Gasteiger partial charge in [-0.3, -0.25) is 12.0 Å². The molecular weight excluding hydrogens is 596 g/mol. The Bertz CT molecular complexity index is 344. The van der Waals surface area contributed by atoms with Gasteiger partial charge in [-0.1, -0.05) is 0 Å². The number of hydrogen-bond donors (Lipinski definition) is 0. The van der Waals surface area contributed by atoms with E-state index in [-0.39, 0.29) is 42.1 Å². The molecule has 0 aliphatic carbocycles. The van der Waals surface area contributed by atoms with Gasteiger partial charge in [-0.15, -0.1) is 0 Å². The van der Waals surface area contributed by atoms with E-state index in [0.717, 1.165) is 23.9 Å². The van der Waals surface area contributed by atoms with Crippen molar-refractivity contribution < 1.29 is 42.1 Å². The van der Waals surface area contributed by atoms with Crippen molar-refractivity contribution in [1.82, 2.24) is 4.98 Å². The van der Waals surface area contributed by atoms with Gasteiger partial charge in [-0.2, -0.15) is 0 Å². The molecule has 1 aliphatic rings. The topological polar surface area (TPSA) is 16.1 Å². The maximum absolute atomic E-state index is 4.40. The summed E-state index contributed by atoms with van der Waals surface area (Å²) in [5.41, 5.74) is 3.64. The molecule has 0 atom stereocenters. The van der Waals surface area contributed by atoms with Crippen LogP contribution in [0.2, 0.25) is 0 Å². The fourth-order valence-corrected chi connectivity index (χ4v) is 2.06. The summed E-state index contributed by atoms with van der Waals surface area (Å²) < 4.78 is 1.07. The minimum absolute atomic E-state index is 0. The summed E-state index contributed by atoms with van der Waals surface area (Å²) in [6.45, 7) is 3.14. The van der Waals surface area contributed by atoms with Crippen molar-refractivity contribution in [2.75, 3.05) is 11.4 Å². The Labute approximate surface area is 128 Å². The van der Waals surface area contributed by atoms with Crippen LogP contribution in [0.15, 0.2) is 10.7 Å². The Balaban J connectivity index is 0.000000980. The first-order valence-electron chi connectivity index (χ1n) is 4.42. The second-order valence-electron chi connectivity index (χ2n) is 3.39. The van der Waals surface area contributed by atoms with Crippen molar-refractivity contribution in [3.05, 3.63) is 29.0 Å². The van der Waals surface area contributed by atoms with Gasteiger partial charge < -0.3 is 4.90 Å². The van der Waals surface area contributed by atoms with Crippen LogP contribution in [0.4, 0.5) is 5.69 Å². The standard InChI is InChI=1S/C10H12BrN2.2W/c1-7-8(11)6-12-9-4-3-5-13(2)10(7)9;;/h6H,2-5H2,1H3;;/q-1;;. The zero-order valence-corrected chi connectivity index (χ0v) is 15.9. The Hall–Kier alpha value is 0.807. The van der Waals surface area contributed by atoms with Crippen LogP contribution in [-0.2, 0) is 48.6 Å². The molecule has 2 heterocycles. The summed E-state index contributed by atoms with van der Waals surface area (Å²) in [6, 6.07) is 0. The molecule has 0 amide bonds. The predicted octanol–water partition coefficient (Wildman–Crippen LogP) is 2.69. The number of pyridine rings is 1. The summed E-state index contributed by atoms with van der Waals surface area (Å²) in [7, 11) is 4.01. The van der Waals surface area contributed by atoms with Gasteiger partial charge in [0.25, 0.3) is 0 Å². The van der Waals surface area contributed by atoms with E-state index < -0.39 is 0 Å². The van der Waals surface area contributed by atoms with Crippen molar-refractivity contribution in [2.45, 2.75) is 19.8 Å². The van der Waals surface area contributed by atoms with E-state index in [0.29, 0.717) is 0 Å². The molecule has 1 aliphatic heterocycles. The van der Waals surface area contributed by atoms with E-state index >= 15 is 0 Å². The summed E-state index contributed by atoms with van der Waals surface area (Å²) in [6.07, 6.45) is 4.12. The Morgan fingerprint density at radius 3 is 2.80 bits per heavy atom. The fraction of sp³-hybridized carbons (Fsp3) is 0.400. The molecule has 0 radical (unpaired) electrons. The maximum atomic E-state index is 4.40. The normalized spacial score (nSPS) is 13.7. The maximum Gasteiger partial charge on any atom is 0.0615 e. The molecule has 1 aromatic rings. The third-order valence-electron chi connectivity index (χ3n) is 2.48. The minimum atomic E-state index is 0. The second-order valence-corrected chi connectivity index (χ2v) is 4.25. The minimum Gasteiger partial charge on any atom is -0.523 e. The Morgan fingerprint density at radius 2 is 2.13 bits per heavy atom. The van der Waals surface area contributed by atoms with E-state index in [9.17, 15) is 0 Å². The van der Waals surface area contributed by atoms with Crippen molar-refractivity contribution in [3.8, 4) is 0 Å². The number of anilines is 1. The number of halogens is 1. The van der Waals surface area contributed by atoms with E-state index in [1.54, 1.807) is 0 Å². The zero-order chi connectivity index (χ0) is 9.42. The molecule has 0 saturated carbocycles. The van der Waals surface area contributed by atoms with Gasteiger partial charge in [0.15, 0.2) is 0 Å². The third kappa shape index (κ3) is 3.14. The molecule has 0 spiro atoms. The summed E-state index contributed by atoms with van der Waals surface area (Å²) in [4.78, 5) is 6.45. The Kier molecular flexibility index (Phi) is 6.87. The van der Waals surface area contributed by atoms with E-state index in [1.165, 1.54) is 16.9 Å². The van der Waals surface area contributed by atoms with Gasteiger partial charge in [0, 0.05) is 58.5 Å². The molecule has 5 heteroatoms. The van der Waals surface area contributed by atoms with Crippen LogP contribution in [0.3, 0.4) is 0 Å². The first-order valence-corrected chi connectivity index (χ1v) is 5.21. The number of rotatable bonds is 0. The molecular formula is C10H12BrN2W2-. The Morgan fingerprint density at radius 1 is 1.47 bits per heavy atom. The molecule has 15 heavy (non-hydrogen) atoms. The molecule has 0 aromatic carbocycles. The van der Waals surface area contributed by atoms with Crippen molar-refractivity contribution in [1.29, 1.82) is 0 Å². The molecule has 1 aromatic heterocycles. The summed E-state index contributed by atoms with van der Waals surface area (Å²) in [5, 5.41) is 0. The average molecular weight is 608 g/mol. The predicted molar refractivity (Wildman–Crippen MR) is 57.7 cm³/mol. The monoisotopic (exact) mass is 607 g/mol. The smallest absolute Gasteiger partial charge is 0.0615 e. The zero-order valence-electron chi connectivity index (χ0n) is 8.49. The van der Waals surface area contributed by atoms with Crippen LogP contribution < -0.4 is 4.90 Å². The third-order valence-corrected chi connectivity index (χ3v) is 3.28. The van der Waals surface area contributed by atoms with Crippen molar-refractivity contribution in [3.63, 3.8) is 0 Å². The van der Waals surface area contributed by atoms with Crippen LogP contribution in [-0.4, -0.2) is 11.5 Å². The quantitative estimate of drug-likeness (QED) is 0.422. The summed E-state index contributed by atoms with van der Waals surface area (Å²) in [5.74, 6) is 0. The van der Waals surface area contributed by atoms with Gasteiger partial charge in [-0.05, 0) is 47.8 Å². The number of aryl methyl sites for hydroxylation is 1. The van der Waals surface area contributed by atoms with E-state index in [1.807, 2.05) is 11.1 Å². The van der Waals surface area contributed by atoms with Gasteiger partial charge in [0.2, 0.25) is 0 Å². The number of fused-ring (bicyclic) bond motifs is 1. The van der Waals surface area contributed by atoms with Crippen LogP contribution in [0.25, 0.3) is 0 Å². The van der Waals surface area contributed by atoms with Gasteiger partial charge in [0.1, 0.15) is 0 Å². The largest absolute Gasteiger partial charge is 0.523 e. The number of nitrogens with zero attached hydrogens (tertiary/aromatic N) is 2. The van der Waals surface area contributed by atoms with Gasteiger partial charge in [-0.25, -0.2) is 0 Å². The van der Waals surface area contributed by atoms with E-state index in [4.69, 9.17) is 0 Å². The number of aromatic nitrogens is 1. The number of hydrogen-bond acceptors (Lipinski definition) is 2. The van der Waals surface area contributed by atoms with E-state index in [2.05, 4.69) is 34.9 Å². The molecule has 0 fully saturated rings. The molecule has 0 saturated heterocycles. The fourth-order valence-electron chi connectivity index (χ4n) is 1.77. The van der Waals surface area contributed by atoms with Crippen LogP contribution in [0.1, 0.15) is 17.7 Å². The molecule has 0 unspecified atom stereocenters. The first kappa shape index (κ1) is 15.8. The second kappa shape index (κ2) is 6.52. The molecule has 82 valence electrons. The SMILES string of the molecule is [CH2-]N1CCCc2ncc(Br)c(C)c21.[W].[W]. The molecule has 0 bridgehead atoms. The summed E-state index contributed by atoms with van der Waals surface area (Å²) >= 11 is 3.48. The van der Waals surface area contributed by atoms with Gasteiger partial charge in [0.05, 0.1) is 5.69 Å². The van der Waals surface area contributed by atoms with Crippen LogP contribution in [0.5, 0.6) is 0 Å². The molecule has 2 nitrogen and oxygen atoms in total. The van der Waals surface area contributed by atoms with Crippen LogP contribution >= 0.6 is 15.9 Å². The first-order chi connectivity index (χ1) is 6.20. The van der Waals surface area contributed by atoms with Crippen LogP contribution in [0, 0.1) is 14.0 Å². The van der Waals surface area contributed by atoms with Crippen molar-refractivity contribution >= 4 is 21.6 Å². The molecule has 0 N–H and O–H groups in total. The molecule has 2 rings (SSSR count). The van der Waals surface area contributed by atoms with Gasteiger partial charge >= 0.3 is 0 Å².